The SMILES string of the molecule is O=C(NC1CCCC1)[C@H]1CCN1C(=O)c1ccccc1. The molecular formula is C16H20N2O2. The van der Waals surface area contributed by atoms with Crippen molar-refractivity contribution in [3.05, 3.63) is 35.9 Å². The molecule has 1 saturated heterocycles. The van der Waals surface area contributed by atoms with Gasteiger partial charge in [-0.3, -0.25) is 9.59 Å². The molecule has 1 aromatic carbocycles. The Morgan fingerprint density at radius 3 is 2.35 bits per heavy atom. The molecule has 2 amide bonds. The molecule has 1 heterocycles. The minimum Gasteiger partial charge on any atom is -0.352 e. The zero-order valence-electron chi connectivity index (χ0n) is 11.5. The fraction of sp³-hybridized carbons (Fsp3) is 0.500. The minimum absolute atomic E-state index is 0.0208. The molecule has 1 atom stereocenters. The second-order valence-corrected chi connectivity index (χ2v) is 5.66. The molecular weight excluding hydrogens is 252 g/mol. The molecule has 1 aliphatic heterocycles. The van der Waals surface area contributed by atoms with Gasteiger partial charge in [0.25, 0.3) is 5.91 Å². The fourth-order valence-electron chi connectivity index (χ4n) is 3.02. The van der Waals surface area contributed by atoms with Crippen LogP contribution in [0.4, 0.5) is 0 Å². The van der Waals surface area contributed by atoms with E-state index in [4.69, 9.17) is 0 Å². The number of likely N-dealkylation sites (tertiary alicyclic amines) is 1. The van der Waals surface area contributed by atoms with Gasteiger partial charge < -0.3 is 10.2 Å². The van der Waals surface area contributed by atoms with Gasteiger partial charge >= 0.3 is 0 Å². The third-order valence-electron chi connectivity index (χ3n) is 4.31. The number of benzene rings is 1. The highest BCUT2D eigenvalue weighted by Gasteiger charge is 2.38. The summed E-state index contributed by atoms with van der Waals surface area (Å²) in [5.74, 6) is -0.0177. The van der Waals surface area contributed by atoms with E-state index >= 15 is 0 Å². The van der Waals surface area contributed by atoms with Crippen molar-refractivity contribution in [1.29, 1.82) is 0 Å². The maximum absolute atomic E-state index is 12.3. The molecule has 4 nitrogen and oxygen atoms in total. The van der Waals surface area contributed by atoms with Crippen molar-refractivity contribution in [3.63, 3.8) is 0 Å². The van der Waals surface area contributed by atoms with Crippen LogP contribution >= 0.6 is 0 Å². The van der Waals surface area contributed by atoms with Gasteiger partial charge in [-0.25, -0.2) is 0 Å². The summed E-state index contributed by atoms with van der Waals surface area (Å²) in [5, 5.41) is 3.08. The lowest BCUT2D eigenvalue weighted by Crippen LogP contribution is -2.59. The highest BCUT2D eigenvalue weighted by molar-refractivity contribution is 5.98. The van der Waals surface area contributed by atoms with Gasteiger partial charge in [-0.15, -0.1) is 0 Å². The van der Waals surface area contributed by atoms with Gasteiger partial charge in [-0.05, 0) is 31.4 Å². The zero-order chi connectivity index (χ0) is 13.9. The van der Waals surface area contributed by atoms with E-state index in [0.29, 0.717) is 18.2 Å². The lowest BCUT2D eigenvalue weighted by atomic mass is 9.99. The van der Waals surface area contributed by atoms with Crippen LogP contribution in [0, 0.1) is 0 Å². The Labute approximate surface area is 119 Å². The predicted octanol–water partition coefficient (Wildman–Crippen LogP) is 1.96. The minimum atomic E-state index is -0.275. The van der Waals surface area contributed by atoms with Gasteiger partial charge in [0.15, 0.2) is 0 Å². The largest absolute Gasteiger partial charge is 0.352 e. The summed E-state index contributed by atoms with van der Waals surface area (Å²) < 4.78 is 0. The Hall–Kier alpha value is -1.84. The molecule has 1 N–H and O–H groups in total. The summed E-state index contributed by atoms with van der Waals surface area (Å²) in [6, 6.07) is 9.22. The molecule has 1 saturated carbocycles. The van der Waals surface area contributed by atoms with Crippen molar-refractivity contribution in [2.24, 2.45) is 0 Å². The third-order valence-corrected chi connectivity index (χ3v) is 4.31. The first-order valence-corrected chi connectivity index (χ1v) is 7.42. The van der Waals surface area contributed by atoms with Crippen LogP contribution in [-0.2, 0) is 4.79 Å². The number of hydrogen-bond donors (Lipinski definition) is 1. The van der Waals surface area contributed by atoms with E-state index in [9.17, 15) is 9.59 Å². The summed E-state index contributed by atoms with van der Waals surface area (Å²) in [7, 11) is 0. The first kappa shape index (κ1) is 13.2. The summed E-state index contributed by atoms with van der Waals surface area (Å²) in [6.45, 7) is 0.677. The van der Waals surface area contributed by atoms with Crippen molar-refractivity contribution in [2.75, 3.05) is 6.54 Å². The highest BCUT2D eigenvalue weighted by Crippen LogP contribution is 2.23. The number of nitrogens with one attached hydrogen (secondary N) is 1. The van der Waals surface area contributed by atoms with Crippen LogP contribution in [0.5, 0.6) is 0 Å². The second-order valence-electron chi connectivity index (χ2n) is 5.66. The van der Waals surface area contributed by atoms with Crippen LogP contribution in [0.25, 0.3) is 0 Å². The molecule has 1 aromatic rings. The number of amides is 2. The van der Waals surface area contributed by atoms with Gasteiger partial charge in [0.05, 0.1) is 0 Å². The van der Waals surface area contributed by atoms with Crippen molar-refractivity contribution < 1.29 is 9.59 Å². The summed E-state index contributed by atoms with van der Waals surface area (Å²) in [5.41, 5.74) is 0.658. The Morgan fingerprint density at radius 2 is 1.75 bits per heavy atom. The Bertz CT molecular complexity index is 494. The average molecular weight is 272 g/mol. The van der Waals surface area contributed by atoms with E-state index in [1.165, 1.54) is 12.8 Å². The number of rotatable bonds is 3. The van der Waals surface area contributed by atoms with Crippen molar-refractivity contribution >= 4 is 11.8 Å². The fourth-order valence-corrected chi connectivity index (χ4v) is 3.02. The monoisotopic (exact) mass is 272 g/mol. The van der Waals surface area contributed by atoms with E-state index < -0.39 is 0 Å². The molecule has 106 valence electrons. The van der Waals surface area contributed by atoms with Gasteiger partial charge in [-0.2, -0.15) is 0 Å². The molecule has 0 aromatic heterocycles. The lowest BCUT2D eigenvalue weighted by molar-refractivity contribution is -0.129. The molecule has 0 bridgehead atoms. The first-order valence-electron chi connectivity index (χ1n) is 7.42. The summed E-state index contributed by atoms with van der Waals surface area (Å²) in [4.78, 5) is 26.2. The molecule has 0 radical (unpaired) electrons. The van der Waals surface area contributed by atoms with Gasteiger partial charge in [0.1, 0.15) is 6.04 Å². The number of carbonyl (C=O) groups is 2. The molecule has 1 aliphatic carbocycles. The Kier molecular flexibility index (Phi) is 3.72. The van der Waals surface area contributed by atoms with E-state index in [1.807, 2.05) is 18.2 Å². The molecule has 0 unspecified atom stereocenters. The van der Waals surface area contributed by atoms with E-state index in [-0.39, 0.29) is 17.9 Å². The smallest absolute Gasteiger partial charge is 0.254 e. The van der Waals surface area contributed by atoms with Crippen molar-refractivity contribution in [1.82, 2.24) is 10.2 Å². The normalized spacial score (nSPS) is 22.4. The van der Waals surface area contributed by atoms with Crippen molar-refractivity contribution in [3.8, 4) is 0 Å². The Balaban J connectivity index is 1.61. The van der Waals surface area contributed by atoms with E-state index in [2.05, 4.69) is 5.32 Å². The molecule has 2 aliphatic rings. The third kappa shape index (κ3) is 2.55. The number of hydrogen-bond acceptors (Lipinski definition) is 2. The average Bonchev–Trinajstić information content (AvgIpc) is 2.91. The van der Waals surface area contributed by atoms with Crippen molar-refractivity contribution in [2.45, 2.75) is 44.2 Å². The highest BCUT2D eigenvalue weighted by atomic mass is 16.2. The van der Waals surface area contributed by atoms with Gasteiger partial charge in [0, 0.05) is 18.2 Å². The van der Waals surface area contributed by atoms with Crippen LogP contribution < -0.4 is 5.32 Å². The maximum Gasteiger partial charge on any atom is 0.254 e. The topological polar surface area (TPSA) is 49.4 Å². The second kappa shape index (κ2) is 5.65. The van der Waals surface area contributed by atoms with E-state index in [0.717, 1.165) is 19.3 Å². The van der Waals surface area contributed by atoms with Crippen LogP contribution in [0.3, 0.4) is 0 Å². The van der Waals surface area contributed by atoms with Gasteiger partial charge in [0.2, 0.25) is 5.91 Å². The summed E-state index contributed by atoms with van der Waals surface area (Å²) >= 11 is 0. The molecule has 3 rings (SSSR count). The molecule has 4 heteroatoms. The molecule has 2 fully saturated rings. The maximum atomic E-state index is 12.3. The first-order chi connectivity index (χ1) is 9.75. The Morgan fingerprint density at radius 1 is 1.05 bits per heavy atom. The molecule has 0 spiro atoms. The number of carbonyl (C=O) groups excluding carboxylic acids is 2. The van der Waals surface area contributed by atoms with Crippen LogP contribution in [-0.4, -0.2) is 35.3 Å². The van der Waals surface area contributed by atoms with Crippen LogP contribution in [0.2, 0.25) is 0 Å². The lowest BCUT2D eigenvalue weighted by Gasteiger charge is -2.40. The summed E-state index contributed by atoms with van der Waals surface area (Å²) in [6.07, 6.45) is 5.32. The van der Waals surface area contributed by atoms with Crippen LogP contribution in [0.1, 0.15) is 42.5 Å². The van der Waals surface area contributed by atoms with Gasteiger partial charge in [-0.1, -0.05) is 31.0 Å². The standard InChI is InChI=1S/C16H20N2O2/c19-15(17-13-8-4-5-9-13)14-10-11-18(14)16(20)12-6-2-1-3-7-12/h1-3,6-7,13-14H,4-5,8-11H2,(H,17,19)/t14-/m1/s1. The molecule has 20 heavy (non-hydrogen) atoms. The quantitative estimate of drug-likeness (QED) is 0.914. The predicted molar refractivity (Wildman–Crippen MR) is 76.3 cm³/mol. The zero-order valence-corrected chi connectivity index (χ0v) is 11.5. The number of nitrogens with zero attached hydrogens (tertiary/aromatic N) is 1. The van der Waals surface area contributed by atoms with Crippen LogP contribution in [0.15, 0.2) is 30.3 Å². The van der Waals surface area contributed by atoms with E-state index in [1.54, 1.807) is 17.0 Å².